The van der Waals surface area contributed by atoms with Crippen LogP contribution in [0.5, 0.6) is 5.75 Å². The fourth-order valence-electron chi connectivity index (χ4n) is 3.38. The van der Waals surface area contributed by atoms with Gasteiger partial charge in [-0.1, -0.05) is 30.3 Å². The van der Waals surface area contributed by atoms with Crippen LogP contribution in [0.15, 0.2) is 54.6 Å². The minimum Gasteiger partial charge on any atom is -0.491 e. The van der Waals surface area contributed by atoms with Gasteiger partial charge in [0.1, 0.15) is 12.4 Å². The molecule has 1 N–H and O–H groups in total. The SMILES string of the molecule is COCCOc1ccc(C(=O)N2C[C@H](C(=O)O)[C@H](c3ccccc3)C2)cc1. The zero-order valence-corrected chi connectivity index (χ0v) is 15.2. The molecular formula is C21H23NO5. The molecule has 1 saturated heterocycles. The van der Waals surface area contributed by atoms with Crippen molar-refractivity contribution in [1.29, 1.82) is 0 Å². The van der Waals surface area contributed by atoms with Crippen molar-refractivity contribution in [2.75, 3.05) is 33.4 Å². The Labute approximate surface area is 158 Å². The van der Waals surface area contributed by atoms with E-state index < -0.39 is 11.9 Å². The number of likely N-dealkylation sites (tertiary alicyclic amines) is 1. The highest BCUT2D eigenvalue weighted by Gasteiger charge is 2.40. The molecule has 142 valence electrons. The van der Waals surface area contributed by atoms with Crippen LogP contribution in [0.3, 0.4) is 0 Å². The summed E-state index contributed by atoms with van der Waals surface area (Å²) in [6, 6.07) is 16.4. The van der Waals surface area contributed by atoms with Crippen LogP contribution in [0.4, 0.5) is 0 Å². The molecule has 1 fully saturated rings. The van der Waals surface area contributed by atoms with Gasteiger partial charge in [0.25, 0.3) is 5.91 Å². The second-order valence-electron chi connectivity index (χ2n) is 6.54. The van der Waals surface area contributed by atoms with Gasteiger partial charge in [-0.15, -0.1) is 0 Å². The molecule has 0 aromatic heterocycles. The zero-order chi connectivity index (χ0) is 19.2. The Morgan fingerprint density at radius 2 is 1.74 bits per heavy atom. The summed E-state index contributed by atoms with van der Waals surface area (Å²) in [5, 5.41) is 9.59. The number of methoxy groups -OCH3 is 1. The second-order valence-corrected chi connectivity index (χ2v) is 6.54. The minimum absolute atomic E-state index is 0.164. The summed E-state index contributed by atoms with van der Waals surface area (Å²) >= 11 is 0. The lowest BCUT2D eigenvalue weighted by Gasteiger charge is -2.17. The van der Waals surface area contributed by atoms with Crippen LogP contribution >= 0.6 is 0 Å². The lowest BCUT2D eigenvalue weighted by Crippen LogP contribution is -2.29. The third kappa shape index (κ3) is 4.46. The van der Waals surface area contributed by atoms with Crippen molar-refractivity contribution >= 4 is 11.9 Å². The summed E-state index contributed by atoms with van der Waals surface area (Å²) in [7, 11) is 1.61. The number of amides is 1. The topological polar surface area (TPSA) is 76.1 Å². The molecule has 0 radical (unpaired) electrons. The number of rotatable bonds is 7. The first-order chi connectivity index (χ1) is 13.1. The Morgan fingerprint density at radius 3 is 2.37 bits per heavy atom. The van der Waals surface area contributed by atoms with Gasteiger partial charge in [0.05, 0.1) is 12.5 Å². The number of aliphatic carboxylic acids is 1. The van der Waals surface area contributed by atoms with Crippen molar-refractivity contribution in [1.82, 2.24) is 4.90 Å². The molecule has 1 amide bonds. The molecule has 1 aliphatic heterocycles. The molecule has 3 rings (SSSR count). The quantitative estimate of drug-likeness (QED) is 0.760. The molecule has 2 atom stereocenters. The maximum Gasteiger partial charge on any atom is 0.308 e. The maximum atomic E-state index is 12.8. The molecule has 27 heavy (non-hydrogen) atoms. The van der Waals surface area contributed by atoms with Crippen molar-refractivity contribution in [3.05, 3.63) is 65.7 Å². The van der Waals surface area contributed by atoms with Crippen molar-refractivity contribution in [2.24, 2.45) is 5.92 Å². The standard InChI is InChI=1S/C21H23NO5/c1-26-11-12-27-17-9-7-16(8-10-17)20(23)22-13-18(19(14-22)21(24)25)15-5-3-2-4-6-15/h2-10,18-19H,11-14H2,1H3,(H,24,25)/t18-,19-/m0/s1. The second kappa shape index (κ2) is 8.68. The maximum absolute atomic E-state index is 12.8. The summed E-state index contributed by atoms with van der Waals surface area (Å²) in [6.45, 7) is 1.53. The first-order valence-electron chi connectivity index (χ1n) is 8.89. The monoisotopic (exact) mass is 369 g/mol. The van der Waals surface area contributed by atoms with Gasteiger partial charge in [-0.25, -0.2) is 0 Å². The van der Waals surface area contributed by atoms with Crippen molar-refractivity contribution in [3.8, 4) is 5.75 Å². The van der Waals surface area contributed by atoms with E-state index in [0.29, 0.717) is 31.1 Å². The Balaban J connectivity index is 1.70. The summed E-state index contributed by atoms with van der Waals surface area (Å²) < 4.78 is 10.4. The summed E-state index contributed by atoms with van der Waals surface area (Å²) in [4.78, 5) is 26.2. The number of carboxylic acid groups (broad SMARTS) is 1. The first-order valence-corrected chi connectivity index (χ1v) is 8.89. The molecule has 2 aromatic carbocycles. The molecule has 0 unspecified atom stereocenters. The van der Waals surface area contributed by atoms with Crippen LogP contribution in [-0.4, -0.2) is 55.3 Å². The number of carbonyl (C=O) groups is 2. The van der Waals surface area contributed by atoms with Crippen LogP contribution < -0.4 is 4.74 Å². The van der Waals surface area contributed by atoms with Gasteiger partial charge in [-0.3, -0.25) is 9.59 Å². The fraction of sp³-hybridized carbons (Fsp3) is 0.333. The lowest BCUT2D eigenvalue weighted by atomic mass is 9.89. The van der Waals surface area contributed by atoms with E-state index in [-0.39, 0.29) is 18.4 Å². The van der Waals surface area contributed by atoms with Gasteiger partial charge in [-0.2, -0.15) is 0 Å². The molecule has 2 aromatic rings. The van der Waals surface area contributed by atoms with Crippen LogP contribution in [0.1, 0.15) is 21.8 Å². The Morgan fingerprint density at radius 1 is 1.04 bits per heavy atom. The molecule has 0 saturated carbocycles. The molecule has 6 heteroatoms. The minimum atomic E-state index is -0.874. The van der Waals surface area contributed by atoms with E-state index >= 15 is 0 Å². The predicted octanol–water partition coefficient (Wildman–Crippen LogP) is 2.65. The van der Waals surface area contributed by atoms with Gasteiger partial charge >= 0.3 is 5.97 Å². The van der Waals surface area contributed by atoms with E-state index in [1.807, 2.05) is 30.3 Å². The average molecular weight is 369 g/mol. The predicted molar refractivity (Wildman–Crippen MR) is 100 cm³/mol. The molecule has 1 heterocycles. The average Bonchev–Trinajstić information content (AvgIpc) is 3.15. The van der Waals surface area contributed by atoms with Crippen LogP contribution in [0.2, 0.25) is 0 Å². The van der Waals surface area contributed by atoms with Crippen LogP contribution in [0.25, 0.3) is 0 Å². The Kier molecular flexibility index (Phi) is 6.08. The van der Waals surface area contributed by atoms with Gasteiger partial charge < -0.3 is 19.5 Å². The number of carbonyl (C=O) groups excluding carboxylic acids is 1. The lowest BCUT2D eigenvalue weighted by molar-refractivity contribution is -0.141. The van der Waals surface area contributed by atoms with Crippen LogP contribution in [-0.2, 0) is 9.53 Å². The highest BCUT2D eigenvalue weighted by Crippen LogP contribution is 2.33. The molecule has 0 aliphatic carbocycles. The van der Waals surface area contributed by atoms with Crippen LogP contribution in [0, 0.1) is 5.92 Å². The third-order valence-corrected chi connectivity index (χ3v) is 4.81. The van der Waals surface area contributed by atoms with Crippen molar-refractivity contribution < 1.29 is 24.2 Å². The smallest absolute Gasteiger partial charge is 0.308 e. The van der Waals surface area contributed by atoms with E-state index in [1.165, 1.54) is 0 Å². The van der Waals surface area contributed by atoms with Crippen molar-refractivity contribution in [2.45, 2.75) is 5.92 Å². The van der Waals surface area contributed by atoms with E-state index in [9.17, 15) is 14.7 Å². The summed E-state index contributed by atoms with van der Waals surface area (Å²) in [5.74, 6) is -1.18. The van der Waals surface area contributed by atoms with Crippen molar-refractivity contribution in [3.63, 3.8) is 0 Å². The largest absolute Gasteiger partial charge is 0.491 e. The molecule has 0 bridgehead atoms. The van der Waals surface area contributed by atoms with Gasteiger partial charge in [-0.05, 0) is 29.8 Å². The van der Waals surface area contributed by atoms with Gasteiger partial charge in [0.15, 0.2) is 0 Å². The third-order valence-electron chi connectivity index (χ3n) is 4.81. The summed E-state index contributed by atoms with van der Waals surface area (Å²) in [6.07, 6.45) is 0. The summed E-state index contributed by atoms with van der Waals surface area (Å²) in [5.41, 5.74) is 1.47. The highest BCUT2D eigenvalue weighted by molar-refractivity contribution is 5.95. The van der Waals surface area contributed by atoms with E-state index in [1.54, 1.807) is 36.3 Å². The van der Waals surface area contributed by atoms with E-state index in [4.69, 9.17) is 9.47 Å². The zero-order valence-electron chi connectivity index (χ0n) is 15.2. The Bertz CT molecular complexity index is 775. The van der Waals surface area contributed by atoms with Gasteiger partial charge in [0.2, 0.25) is 0 Å². The first kappa shape index (κ1) is 18.9. The number of ether oxygens (including phenoxy) is 2. The number of nitrogens with zero attached hydrogens (tertiary/aromatic N) is 1. The van der Waals surface area contributed by atoms with Gasteiger partial charge in [0, 0.05) is 31.7 Å². The normalized spacial score (nSPS) is 19.1. The molecule has 0 spiro atoms. The highest BCUT2D eigenvalue weighted by atomic mass is 16.5. The number of carboxylic acids is 1. The molecule has 1 aliphatic rings. The van der Waals surface area contributed by atoms with E-state index in [0.717, 1.165) is 5.56 Å². The molecular weight excluding hydrogens is 346 g/mol. The number of hydrogen-bond acceptors (Lipinski definition) is 4. The Hall–Kier alpha value is -2.86. The fourth-order valence-corrected chi connectivity index (χ4v) is 3.38. The molecule has 6 nitrogen and oxygen atoms in total. The van der Waals surface area contributed by atoms with E-state index in [2.05, 4.69) is 0 Å². The number of benzene rings is 2. The number of hydrogen-bond donors (Lipinski definition) is 1.